The number of methoxy groups -OCH3 is 3. The molecule has 2 aromatic carbocycles. The molecule has 0 radical (unpaired) electrons. The Morgan fingerprint density at radius 2 is 1.59 bits per heavy atom. The van der Waals surface area contributed by atoms with Crippen LogP contribution in [0.25, 0.3) is 6.08 Å². The minimum atomic E-state index is -0.147. The molecule has 1 fully saturated rings. The molecule has 0 aromatic heterocycles. The van der Waals surface area contributed by atoms with Crippen molar-refractivity contribution in [2.75, 3.05) is 26.2 Å². The van der Waals surface area contributed by atoms with Crippen molar-refractivity contribution in [3.63, 3.8) is 0 Å². The van der Waals surface area contributed by atoms with E-state index in [1.807, 2.05) is 24.3 Å². The van der Waals surface area contributed by atoms with Gasteiger partial charge in [0.25, 0.3) is 5.91 Å². The number of carbonyl (C=O) groups excluding carboxylic acids is 1. The highest BCUT2D eigenvalue weighted by Gasteiger charge is 2.33. The van der Waals surface area contributed by atoms with E-state index in [-0.39, 0.29) is 5.91 Å². The summed E-state index contributed by atoms with van der Waals surface area (Å²) in [5.41, 5.74) is 2.74. The molecule has 2 aromatic rings. The average molecular weight is 430 g/mol. The quantitative estimate of drug-likeness (QED) is 0.462. The van der Waals surface area contributed by atoms with Crippen LogP contribution >= 0.6 is 24.0 Å². The van der Waals surface area contributed by atoms with E-state index in [9.17, 15) is 4.79 Å². The summed E-state index contributed by atoms with van der Waals surface area (Å²) in [4.78, 5) is 15.1. The molecule has 0 spiro atoms. The monoisotopic (exact) mass is 429 g/mol. The van der Waals surface area contributed by atoms with Gasteiger partial charge in [0, 0.05) is 0 Å². The summed E-state index contributed by atoms with van der Waals surface area (Å²) < 4.78 is 16.6. The molecule has 0 unspecified atom stereocenters. The smallest absolute Gasteiger partial charge is 0.270 e. The van der Waals surface area contributed by atoms with E-state index in [0.717, 1.165) is 11.3 Å². The molecule has 1 amide bonds. The predicted octanol–water partition coefficient (Wildman–Crippen LogP) is 5.24. The summed E-state index contributed by atoms with van der Waals surface area (Å²) >= 11 is 6.75. The Balaban J connectivity index is 1.94. The number of carbonyl (C=O) groups is 1. The third-order valence-corrected chi connectivity index (χ3v) is 5.90. The molecular formula is C22H23NO4S2. The number of nitrogens with zero attached hydrogens (tertiary/aromatic N) is 1. The molecule has 0 atom stereocenters. The van der Waals surface area contributed by atoms with E-state index in [1.165, 1.54) is 17.3 Å². The molecule has 0 bridgehead atoms. The molecule has 152 valence electrons. The number of thioether (sulfide) groups is 1. The lowest BCUT2D eigenvalue weighted by Gasteiger charge is -2.15. The third-order valence-electron chi connectivity index (χ3n) is 4.60. The van der Waals surface area contributed by atoms with E-state index >= 15 is 0 Å². The fourth-order valence-electron chi connectivity index (χ4n) is 3.03. The first-order valence-electron chi connectivity index (χ1n) is 9.07. The number of hydrogen-bond donors (Lipinski definition) is 0. The van der Waals surface area contributed by atoms with Gasteiger partial charge in [-0.05, 0) is 47.4 Å². The van der Waals surface area contributed by atoms with E-state index in [2.05, 4.69) is 13.8 Å². The zero-order chi connectivity index (χ0) is 21.1. The number of rotatable bonds is 6. The van der Waals surface area contributed by atoms with Gasteiger partial charge in [0.1, 0.15) is 0 Å². The zero-order valence-corrected chi connectivity index (χ0v) is 18.6. The van der Waals surface area contributed by atoms with Crippen molar-refractivity contribution in [3.05, 3.63) is 52.4 Å². The van der Waals surface area contributed by atoms with Gasteiger partial charge in [-0.15, -0.1) is 0 Å². The van der Waals surface area contributed by atoms with Gasteiger partial charge in [-0.2, -0.15) is 0 Å². The largest absolute Gasteiger partial charge is 0.493 e. The summed E-state index contributed by atoms with van der Waals surface area (Å²) in [6.07, 6.45) is 1.78. The maximum atomic E-state index is 13.0. The van der Waals surface area contributed by atoms with Crippen LogP contribution in [0.1, 0.15) is 30.9 Å². The van der Waals surface area contributed by atoms with Crippen LogP contribution in [0.3, 0.4) is 0 Å². The molecule has 29 heavy (non-hydrogen) atoms. The van der Waals surface area contributed by atoms with E-state index in [4.69, 9.17) is 26.4 Å². The number of benzene rings is 2. The minimum absolute atomic E-state index is 0.147. The van der Waals surface area contributed by atoms with Gasteiger partial charge in [0.05, 0.1) is 31.9 Å². The number of hydrogen-bond acceptors (Lipinski definition) is 6. The molecule has 0 N–H and O–H groups in total. The Bertz CT molecular complexity index is 942. The minimum Gasteiger partial charge on any atom is -0.493 e. The predicted molar refractivity (Wildman–Crippen MR) is 122 cm³/mol. The SMILES string of the molecule is COc1cc(C=C2SC(=S)N(c3ccc(C(C)C)cc3)C2=O)cc(OC)c1OC. The Morgan fingerprint density at radius 3 is 2.07 bits per heavy atom. The van der Waals surface area contributed by atoms with Crippen molar-refractivity contribution in [1.29, 1.82) is 0 Å². The Hall–Kier alpha value is -2.51. The van der Waals surface area contributed by atoms with Crippen molar-refractivity contribution in [3.8, 4) is 17.2 Å². The Morgan fingerprint density at radius 1 is 1.00 bits per heavy atom. The molecule has 7 heteroatoms. The number of ether oxygens (including phenoxy) is 3. The summed E-state index contributed by atoms with van der Waals surface area (Å²) in [5.74, 6) is 1.84. The zero-order valence-electron chi connectivity index (χ0n) is 17.0. The molecule has 1 heterocycles. The molecule has 1 aliphatic rings. The molecule has 0 aliphatic carbocycles. The second-order valence-electron chi connectivity index (χ2n) is 6.72. The average Bonchev–Trinajstić information content (AvgIpc) is 3.00. The van der Waals surface area contributed by atoms with Crippen LogP contribution in [-0.2, 0) is 4.79 Å². The molecule has 5 nitrogen and oxygen atoms in total. The van der Waals surface area contributed by atoms with E-state index in [0.29, 0.717) is 32.4 Å². The van der Waals surface area contributed by atoms with Crippen LogP contribution in [0.4, 0.5) is 5.69 Å². The van der Waals surface area contributed by atoms with Crippen molar-refractivity contribution >= 4 is 46.0 Å². The van der Waals surface area contributed by atoms with Crippen LogP contribution in [0.15, 0.2) is 41.3 Å². The van der Waals surface area contributed by atoms with Crippen molar-refractivity contribution in [2.45, 2.75) is 19.8 Å². The van der Waals surface area contributed by atoms with Crippen molar-refractivity contribution in [2.24, 2.45) is 0 Å². The Labute approximate surface area is 180 Å². The second-order valence-corrected chi connectivity index (χ2v) is 8.40. The standard InChI is InChI=1S/C22H23NO4S2/c1-13(2)15-6-8-16(9-7-15)23-21(24)19(29-22(23)28)12-14-10-17(25-3)20(27-5)18(11-14)26-4/h6-13H,1-5H3. The lowest BCUT2D eigenvalue weighted by Crippen LogP contribution is -2.27. The second kappa shape index (κ2) is 8.88. The van der Waals surface area contributed by atoms with E-state index < -0.39 is 0 Å². The van der Waals surface area contributed by atoms with Crippen LogP contribution in [0, 0.1) is 0 Å². The normalized spacial score (nSPS) is 15.4. The molecular weight excluding hydrogens is 406 g/mol. The molecule has 1 aliphatic heterocycles. The van der Waals surface area contributed by atoms with Gasteiger partial charge in [-0.3, -0.25) is 9.69 Å². The molecule has 3 rings (SSSR count). The van der Waals surface area contributed by atoms with Crippen LogP contribution in [-0.4, -0.2) is 31.6 Å². The fourth-order valence-corrected chi connectivity index (χ4v) is 4.33. The van der Waals surface area contributed by atoms with Gasteiger partial charge < -0.3 is 14.2 Å². The van der Waals surface area contributed by atoms with Crippen LogP contribution < -0.4 is 19.1 Å². The lowest BCUT2D eigenvalue weighted by molar-refractivity contribution is -0.113. The van der Waals surface area contributed by atoms with Gasteiger partial charge in [0.15, 0.2) is 15.8 Å². The highest BCUT2D eigenvalue weighted by molar-refractivity contribution is 8.27. The van der Waals surface area contributed by atoms with Gasteiger partial charge in [-0.1, -0.05) is 50.0 Å². The van der Waals surface area contributed by atoms with Gasteiger partial charge in [-0.25, -0.2) is 0 Å². The van der Waals surface area contributed by atoms with Crippen LogP contribution in [0.2, 0.25) is 0 Å². The van der Waals surface area contributed by atoms with Crippen molar-refractivity contribution in [1.82, 2.24) is 0 Å². The van der Waals surface area contributed by atoms with Crippen LogP contribution in [0.5, 0.6) is 17.2 Å². The maximum absolute atomic E-state index is 13.0. The van der Waals surface area contributed by atoms with Crippen molar-refractivity contribution < 1.29 is 19.0 Å². The molecule has 0 saturated carbocycles. The first kappa shape index (κ1) is 21.2. The first-order valence-corrected chi connectivity index (χ1v) is 10.3. The Kier molecular flexibility index (Phi) is 6.49. The topological polar surface area (TPSA) is 48.0 Å². The third kappa shape index (κ3) is 4.26. The lowest BCUT2D eigenvalue weighted by atomic mass is 10.0. The first-order chi connectivity index (χ1) is 13.9. The fraction of sp³-hybridized carbons (Fsp3) is 0.273. The maximum Gasteiger partial charge on any atom is 0.270 e. The summed E-state index contributed by atoms with van der Waals surface area (Å²) in [6.45, 7) is 4.27. The van der Waals surface area contributed by atoms with Gasteiger partial charge >= 0.3 is 0 Å². The number of amides is 1. The highest BCUT2D eigenvalue weighted by atomic mass is 32.2. The number of thiocarbonyl (C=S) groups is 1. The summed E-state index contributed by atoms with van der Waals surface area (Å²) in [5, 5.41) is 0. The molecule has 1 saturated heterocycles. The summed E-state index contributed by atoms with van der Waals surface area (Å²) in [6, 6.07) is 11.5. The summed E-state index contributed by atoms with van der Waals surface area (Å²) in [7, 11) is 4.67. The van der Waals surface area contributed by atoms with Gasteiger partial charge in [0.2, 0.25) is 5.75 Å². The number of anilines is 1. The highest BCUT2D eigenvalue weighted by Crippen LogP contribution is 2.41. The van der Waals surface area contributed by atoms with E-state index in [1.54, 1.807) is 44.4 Å².